The van der Waals surface area contributed by atoms with Crippen molar-refractivity contribution in [2.45, 2.75) is 66.2 Å². The Morgan fingerprint density at radius 1 is 1.40 bits per heavy atom. The maximum Gasteiger partial charge on any atom is -0.00854 e. The van der Waals surface area contributed by atoms with Crippen molar-refractivity contribution in [3.05, 3.63) is 36.5 Å². The van der Waals surface area contributed by atoms with E-state index in [2.05, 4.69) is 46.9 Å². The fourth-order valence-electron chi connectivity index (χ4n) is 4.86. The zero-order valence-electron chi connectivity index (χ0n) is 14.0. The Morgan fingerprint density at radius 3 is 2.75 bits per heavy atom. The summed E-state index contributed by atoms with van der Waals surface area (Å²) in [4.78, 5) is 0. The molecule has 0 saturated heterocycles. The third-order valence-corrected chi connectivity index (χ3v) is 6.87. The molecule has 0 amide bonds. The van der Waals surface area contributed by atoms with Gasteiger partial charge >= 0.3 is 0 Å². The van der Waals surface area contributed by atoms with Crippen molar-refractivity contribution in [2.24, 2.45) is 22.7 Å². The largest absolute Gasteiger partial charge is 0.0988 e. The van der Waals surface area contributed by atoms with Gasteiger partial charge in [-0.2, -0.15) is 0 Å². The molecular weight excluding hydrogens is 240 g/mol. The van der Waals surface area contributed by atoms with Crippen LogP contribution in [0.5, 0.6) is 0 Å². The topological polar surface area (TPSA) is 0 Å². The van der Waals surface area contributed by atoms with Gasteiger partial charge in [0.25, 0.3) is 0 Å². The zero-order chi connectivity index (χ0) is 15.0. The van der Waals surface area contributed by atoms with Crippen molar-refractivity contribution in [1.82, 2.24) is 0 Å². The average Bonchev–Trinajstić information content (AvgIpc) is 2.43. The minimum Gasteiger partial charge on any atom is -0.0988 e. The van der Waals surface area contributed by atoms with Gasteiger partial charge in [-0.1, -0.05) is 57.2 Å². The van der Waals surface area contributed by atoms with Gasteiger partial charge in [0.2, 0.25) is 0 Å². The molecule has 0 heteroatoms. The summed E-state index contributed by atoms with van der Waals surface area (Å²) >= 11 is 0. The maximum absolute atomic E-state index is 4.12. The molecule has 4 unspecified atom stereocenters. The Balaban J connectivity index is 2.27. The van der Waals surface area contributed by atoms with Crippen LogP contribution in [0.4, 0.5) is 0 Å². The quantitative estimate of drug-likeness (QED) is 0.415. The molecule has 0 heterocycles. The summed E-state index contributed by atoms with van der Waals surface area (Å²) in [6.45, 7) is 17.9. The lowest BCUT2D eigenvalue weighted by molar-refractivity contribution is -0.0465. The van der Waals surface area contributed by atoms with Crippen molar-refractivity contribution in [1.29, 1.82) is 0 Å². The van der Waals surface area contributed by atoms with Crippen LogP contribution in [-0.4, -0.2) is 0 Å². The number of allylic oxidation sites excluding steroid dienone is 4. The molecule has 1 saturated carbocycles. The molecule has 0 nitrogen and oxygen atoms in total. The third kappa shape index (κ3) is 2.43. The molecule has 0 aromatic carbocycles. The van der Waals surface area contributed by atoms with Crippen LogP contribution in [0.2, 0.25) is 0 Å². The number of rotatable bonds is 4. The van der Waals surface area contributed by atoms with Gasteiger partial charge in [0.15, 0.2) is 0 Å². The van der Waals surface area contributed by atoms with Gasteiger partial charge < -0.3 is 0 Å². The second-order valence-corrected chi connectivity index (χ2v) is 7.74. The van der Waals surface area contributed by atoms with E-state index in [1.165, 1.54) is 37.7 Å². The first kappa shape index (κ1) is 15.6. The van der Waals surface area contributed by atoms with Gasteiger partial charge in [-0.15, -0.1) is 0 Å². The molecule has 0 radical (unpaired) electrons. The van der Waals surface area contributed by atoms with E-state index in [1.54, 1.807) is 5.57 Å². The first-order valence-corrected chi connectivity index (χ1v) is 8.32. The lowest BCUT2D eigenvalue weighted by Gasteiger charge is -2.58. The summed E-state index contributed by atoms with van der Waals surface area (Å²) in [5, 5.41) is 0. The highest BCUT2D eigenvalue weighted by Crippen LogP contribution is 2.61. The third-order valence-electron chi connectivity index (χ3n) is 6.87. The minimum absolute atomic E-state index is 0.440. The Morgan fingerprint density at radius 2 is 2.10 bits per heavy atom. The summed E-state index contributed by atoms with van der Waals surface area (Å²) in [6.07, 6.45) is 12.2. The summed E-state index contributed by atoms with van der Waals surface area (Å²) in [5.74, 6) is 1.66. The van der Waals surface area contributed by atoms with Gasteiger partial charge in [0.1, 0.15) is 0 Å². The minimum atomic E-state index is 0.440. The Bertz CT molecular complexity index is 427. The molecule has 1 fully saturated rings. The smallest absolute Gasteiger partial charge is 0.00854 e. The van der Waals surface area contributed by atoms with Crippen molar-refractivity contribution in [2.75, 3.05) is 0 Å². The molecule has 2 rings (SSSR count). The van der Waals surface area contributed by atoms with Crippen LogP contribution in [-0.2, 0) is 0 Å². The van der Waals surface area contributed by atoms with Crippen LogP contribution in [0.25, 0.3) is 0 Å². The number of fused-ring (bicyclic) bond motifs is 1. The molecule has 0 aliphatic heterocycles. The molecule has 112 valence electrons. The van der Waals surface area contributed by atoms with Gasteiger partial charge in [-0.3, -0.25) is 0 Å². The van der Waals surface area contributed by atoms with E-state index in [0.717, 1.165) is 18.3 Å². The zero-order valence-corrected chi connectivity index (χ0v) is 14.0. The van der Waals surface area contributed by atoms with Crippen LogP contribution in [0.15, 0.2) is 36.5 Å². The molecule has 0 N–H and O–H groups in total. The Labute approximate surface area is 126 Å². The van der Waals surface area contributed by atoms with E-state index in [4.69, 9.17) is 0 Å². The predicted octanol–water partition coefficient (Wildman–Crippen LogP) is 6.31. The van der Waals surface area contributed by atoms with E-state index >= 15 is 0 Å². The van der Waals surface area contributed by atoms with E-state index in [0.29, 0.717) is 10.8 Å². The predicted molar refractivity (Wildman–Crippen MR) is 89.7 cm³/mol. The van der Waals surface area contributed by atoms with Crippen LogP contribution >= 0.6 is 0 Å². The van der Waals surface area contributed by atoms with E-state index < -0.39 is 0 Å². The first-order chi connectivity index (χ1) is 9.34. The van der Waals surface area contributed by atoms with Gasteiger partial charge in [-0.05, 0) is 68.1 Å². The van der Waals surface area contributed by atoms with Crippen LogP contribution in [0.3, 0.4) is 0 Å². The Kier molecular flexibility index (Phi) is 4.33. The first-order valence-electron chi connectivity index (χ1n) is 8.32. The summed E-state index contributed by atoms with van der Waals surface area (Å²) in [7, 11) is 0. The fraction of sp³-hybridized carbons (Fsp3) is 0.700. The average molecular weight is 272 g/mol. The molecule has 0 spiro atoms. The van der Waals surface area contributed by atoms with Crippen LogP contribution < -0.4 is 0 Å². The Hall–Kier alpha value is -0.780. The molecule has 2 aliphatic carbocycles. The van der Waals surface area contributed by atoms with Crippen LogP contribution in [0, 0.1) is 22.7 Å². The lowest BCUT2D eigenvalue weighted by Crippen LogP contribution is -2.49. The van der Waals surface area contributed by atoms with Gasteiger partial charge in [-0.25, -0.2) is 0 Å². The molecule has 0 bridgehead atoms. The second kappa shape index (κ2) is 5.54. The van der Waals surface area contributed by atoms with Crippen molar-refractivity contribution >= 4 is 0 Å². The lowest BCUT2D eigenvalue weighted by atomic mass is 9.47. The summed E-state index contributed by atoms with van der Waals surface area (Å²) < 4.78 is 0. The number of hydrogen-bond acceptors (Lipinski definition) is 0. The highest BCUT2D eigenvalue weighted by Gasteiger charge is 2.52. The molecule has 0 aromatic heterocycles. The van der Waals surface area contributed by atoms with E-state index in [-0.39, 0.29) is 0 Å². The SMILES string of the molecule is C=CC(=C)CCC1(C)C(C)CCC2(C)C(C)=CCCC21. The monoisotopic (exact) mass is 272 g/mol. The van der Waals surface area contributed by atoms with Gasteiger partial charge in [0.05, 0.1) is 0 Å². The highest BCUT2D eigenvalue weighted by molar-refractivity contribution is 5.21. The van der Waals surface area contributed by atoms with Crippen molar-refractivity contribution in [3.63, 3.8) is 0 Å². The van der Waals surface area contributed by atoms with Gasteiger partial charge in [0, 0.05) is 0 Å². The van der Waals surface area contributed by atoms with Crippen LogP contribution in [0.1, 0.15) is 66.2 Å². The molecular formula is C20H32. The highest BCUT2D eigenvalue weighted by atomic mass is 14.6. The molecule has 4 atom stereocenters. The molecule has 20 heavy (non-hydrogen) atoms. The fourth-order valence-corrected chi connectivity index (χ4v) is 4.86. The molecule has 0 aromatic rings. The summed E-state index contributed by atoms with van der Waals surface area (Å²) in [5.41, 5.74) is 3.74. The summed E-state index contributed by atoms with van der Waals surface area (Å²) in [6, 6.07) is 0. The van der Waals surface area contributed by atoms with E-state index in [1.807, 2.05) is 6.08 Å². The normalized spacial score (nSPS) is 40.7. The van der Waals surface area contributed by atoms with E-state index in [9.17, 15) is 0 Å². The van der Waals surface area contributed by atoms with Crippen molar-refractivity contribution < 1.29 is 0 Å². The van der Waals surface area contributed by atoms with Crippen molar-refractivity contribution in [3.8, 4) is 0 Å². The number of hydrogen-bond donors (Lipinski definition) is 0. The standard InChI is InChI=1S/C20H32/c1-7-15(2)11-13-19(5)17(4)12-14-20(6)16(3)9-8-10-18(19)20/h7,9,17-18H,1-2,8,10-14H2,3-6H3. The second-order valence-electron chi connectivity index (χ2n) is 7.74. The maximum atomic E-state index is 4.12. The molecule has 2 aliphatic rings.